The molecule has 0 fully saturated rings. The lowest BCUT2D eigenvalue weighted by Gasteiger charge is -2.16. The van der Waals surface area contributed by atoms with Gasteiger partial charge in [0.25, 0.3) is 0 Å². The van der Waals surface area contributed by atoms with Gasteiger partial charge in [0.2, 0.25) is 0 Å². The van der Waals surface area contributed by atoms with Crippen LogP contribution >= 0.6 is 0 Å². The summed E-state index contributed by atoms with van der Waals surface area (Å²) in [4.78, 5) is 0. The molecule has 5 aromatic carbocycles. The number of pyridine rings is 1. The lowest BCUT2D eigenvalue weighted by molar-refractivity contribution is 1.26. The molecule has 35 heavy (non-hydrogen) atoms. The first kappa shape index (κ1) is 18.0. The molecular formula is C34H21N. The first-order valence-corrected chi connectivity index (χ1v) is 12.5. The van der Waals surface area contributed by atoms with Crippen LogP contribution in [0.5, 0.6) is 0 Å². The Labute approximate surface area is 202 Å². The lowest BCUT2D eigenvalue weighted by atomic mass is 9.92. The number of hydrogen-bond acceptors (Lipinski definition) is 0. The molecule has 2 aliphatic rings. The molecule has 0 aliphatic heterocycles. The van der Waals surface area contributed by atoms with Gasteiger partial charge in [-0.05, 0) is 80.9 Å². The molecule has 0 atom stereocenters. The number of hydrogen-bond donors (Lipinski definition) is 0. The summed E-state index contributed by atoms with van der Waals surface area (Å²) in [7, 11) is 0. The van der Waals surface area contributed by atoms with Crippen molar-refractivity contribution in [2.24, 2.45) is 0 Å². The Morgan fingerprint density at radius 1 is 0.457 bits per heavy atom. The van der Waals surface area contributed by atoms with E-state index < -0.39 is 0 Å². The summed E-state index contributed by atoms with van der Waals surface area (Å²) in [5.41, 5.74) is 15.3. The van der Waals surface area contributed by atoms with Gasteiger partial charge in [-0.3, -0.25) is 0 Å². The van der Waals surface area contributed by atoms with E-state index in [1.165, 1.54) is 82.6 Å². The molecule has 0 N–H and O–H groups in total. The number of benzene rings is 5. The maximum atomic E-state index is 2.53. The van der Waals surface area contributed by atoms with Crippen LogP contribution in [0.2, 0.25) is 0 Å². The SMILES string of the molecule is c1ccc2c(c1)Cc1c-2ccc2c1c1ccc3c(c1c1cc4ccccc4n21)Cc1ccccc1-3. The van der Waals surface area contributed by atoms with Gasteiger partial charge in [0.15, 0.2) is 0 Å². The molecule has 9 rings (SSSR count). The van der Waals surface area contributed by atoms with E-state index >= 15 is 0 Å². The molecule has 162 valence electrons. The largest absolute Gasteiger partial charge is 0.309 e. The monoisotopic (exact) mass is 443 g/mol. The predicted molar refractivity (Wildman–Crippen MR) is 146 cm³/mol. The van der Waals surface area contributed by atoms with Crippen molar-refractivity contribution < 1.29 is 0 Å². The first-order valence-electron chi connectivity index (χ1n) is 12.5. The Hall–Kier alpha value is -4.36. The van der Waals surface area contributed by atoms with E-state index in [-0.39, 0.29) is 0 Å². The number of aromatic nitrogens is 1. The lowest BCUT2D eigenvalue weighted by Crippen LogP contribution is -1.97. The fourth-order valence-electron chi connectivity index (χ4n) is 7.00. The van der Waals surface area contributed by atoms with Crippen molar-refractivity contribution in [1.29, 1.82) is 0 Å². The van der Waals surface area contributed by atoms with Gasteiger partial charge < -0.3 is 4.40 Å². The fourth-order valence-corrected chi connectivity index (χ4v) is 7.00. The summed E-state index contributed by atoms with van der Waals surface area (Å²) in [5, 5.41) is 5.54. The maximum Gasteiger partial charge on any atom is 0.0550 e. The van der Waals surface area contributed by atoms with Crippen molar-refractivity contribution in [1.82, 2.24) is 4.40 Å². The summed E-state index contributed by atoms with van der Waals surface area (Å²) >= 11 is 0. The van der Waals surface area contributed by atoms with Crippen LogP contribution in [0.25, 0.3) is 60.3 Å². The Morgan fingerprint density at radius 3 is 1.80 bits per heavy atom. The summed E-state index contributed by atoms with van der Waals surface area (Å²) in [6.07, 6.45) is 2.00. The van der Waals surface area contributed by atoms with E-state index in [1.807, 2.05) is 0 Å². The van der Waals surface area contributed by atoms with E-state index in [9.17, 15) is 0 Å². The van der Waals surface area contributed by atoms with Crippen LogP contribution in [0.4, 0.5) is 0 Å². The van der Waals surface area contributed by atoms with Gasteiger partial charge in [-0.25, -0.2) is 0 Å². The average Bonchev–Trinajstić information content (AvgIpc) is 3.59. The molecule has 0 spiro atoms. The van der Waals surface area contributed by atoms with Gasteiger partial charge >= 0.3 is 0 Å². The third-order valence-electron chi connectivity index (χ3n) is 8.43. The van der Waals surface area contributed by atoms with Crippen LogP contribution < -0.4 is 0 Å². The smallest absolute Gasteiger partial charge is 0.0550 e. The molecule has 0 bridgehead atoms. The topological polar surface area (TPSA) is 4.41 Å². The average molecular weight is 444 g/mol. The minimum Gasteiger partial charge on any atom is -0.309 e. The number of para-hydroxylation sites is 1. The Bertz CT molecular complexity index is 2050. The Balaban J connectivity index is 1.54. The zero-order chi connectivity index (χ0) is 22.7. The normalized spacial score (nSPS) is 13.5. The third-order valence-corrected chi connectivity index (χ3v) is 8.43. The van der Waals surface area contributed by atoms with E-state index in [0.29, 0.717) is 0 Å². The number of nitrogens with zero attached hydrogens (tertiary/aromatic N) is 1. The quantitative estimate of drug-likeness (QED) is 0.207. The summed E-state index contributed by atoms with van der Waals surface area (Å²) < 4.78 is 2.53. The summed E-state index contributed by atoms with van der Waals surface area (Å²) in [6, 6.07) is 38.6. The van der Waals surface area contributed by atoms with Crippen molar-refractivity contribution in [3.8, 4) is 22.3 Å². The van der Waals surface area contributed by atoms with E-state index in [0.717, 1.165) is 12.8 Å². The molecular weight excluding hydrogens is 422 g/mol. The second kappa shape index (κ2) is 6.20. The fraction of sp³-hybridized carbons (Fsp3) is 0.0588. The van der Waals surface area contributed by atoms with Crippen molar-refractivity contribution in [3.63, 3.8) is 0 Å². The first-order chi connectivity index (χ1) is 17.4. The number of fused-ring (bicyclic) bond motifs is 16. The summed E-state index contributed by atoms with van der Waals surface area (Å²) in [5.74, 6) is 0. The standard InChI is InChI=1S/C34H21N/c1-4-10-23-21(8-1)18-29-25(23)13-14-27-33-28-17-20-7-2-5-11-24(20)26(28)15-16-31(33)35-30-12-6-3-9-22(30)19-32(35)34(27)29/h1-16,19H,17-18H2. The van der Waals surface area contributed by atoms with E-state index in [4.69, 9.17) is 0 Å². The van der Waals surface area contributed by atoms with E-state index in [1.54, 1.807) is 0 Å². The second-order valence-corrected chi connectivity index (χ2v) is 10.1. The highest BCUT2D eigenvalue weighted by Crippen LogP contribution is 2.48. The van der Waals surface area contributed by atoms with Crippen LogP contribution in [0.3, 0.4) is 0 Å². The second-order valence-electron chi connectivity index (χ2n) is 10.1. The summed E-state index contributed by atoms with van der Waals surface area (Å²) in [6.45, 7) is 0. The molecule has 0 unspecified atom stereocenters. The Morgan fingerprint density at radius 2 is 1.06 bits per heavy atom. The van der Waals surface area contributed by atoms with Crippen LogP contribution in [-0.4, -0.2) is 4.40 Å². The van der Waals surface area contributed by atoms with Crippen molar-refractivity contribution in [2.45, 2.75) is 12.8 Å². The molecule has 1 nitrogen and oxygen atoms in total. The molecule has 0 amide bonds. The zero-order valence-corrected chi connectivity index (χ0v) is 19.2. The van der Waals surface area contributed by atoms with Gasteiger partial charge in [0.1, 0.15) is 0 Å². The van der Waals surface area contributed by atoms with Gasteiger partial charge in [0, 0.05) is 16.2 Å². The highest BCUT2D eigenvalue weighted by Gasteiger charge is 2.27. The molecule has 0 radical (unpaired) electrons. The van der Waals surface area contributed by atoms with Gasteiger partial charge in [-0.1, -0.05) is 84.9 Å². The van der Waals surface area contributed by atoms with Crippen LogP contribution in [0, 0.1) is 0 Å². The molecule has 1 heteroatoms. The number of rotatable bonds is 0. The maximum absolute atomic E-state index is 2.53. The molecule has 0 saturated heterocycles. The minimum atomic E-state index is 1.000. The zero-order valence-electron chi connectivity index (χ0n) is 19.2. The highest BCUT2D eigenvalue weighted by atomic mass is 14.9. The van der Waals surface area contributed by atoms with Gasteiger partial charge in [0.05, 0.1) is 16.6 Å². The van der Waals surface area contributed by atoms with Gasteiger partial charge in [-0.15, -0.1) is 0 Å². The van der Waals surface area contributed by atoms with Crippen molar-refractivity contribution in [3.05, 3.63) is 125 Å². The van der Waals surface area contributed by atoms with Crippen molar-refractivity contribution >= 4 is 38.1 Å². The Kier molecular flexibility index (Phi) is 3.19. The molecule has 2 heterocycles. The molecule has 2 aromatic heterocycles. The molecule has 2 aliphatic carbocycles. The third kappa shape index (κ3) is 2.15. The van der Waals surface area contributed by atoms with Crippen LogP contribution in [0.1, 0.15) is 22.3 Å². The van der Waals surface area contributed by atoms with E-state index in [2.05, 4.69) is 108 Å². The minimum absolute atomic E-state index is 1.000. The van der Waals surface area contributed by atoms with Gasteiger partial charge in [-0.2, -0.15) is 0 Å². The molecule has 0 saturated carbocycles. The van der Waals surface area contributed by atoms with Crippen LogP contribution in [-0.2, 0) is 12.8 Å². The predicted octanol–water partition coefficient (Wildman–Crippen LogP) is 8.54. The highest BCUT2D eigenvalue weighted by molar-refractivity contribution is 6.20. The van der Waals surface area contributed by atoms with Crippen molar-refractivity contribution in [2.75, 3.05) is 0 Å². The molecule has 7 aromatic rings. The van der Waals surface area contributed by atoms with Crippen LogP contribution in [0.15, 0.2) is 103 Å².